The molecule has 1 atom stereocenters. The van der Waals surface area contributed by atoms with Crippen LogP contribution in [0.4, 0.5) is 5.13 Å². The molecule has 6 nitrogen and oxygen atoms in total. The number of benzene rings is 1. The van der Waals surface area contributed by atoms with Crippen LogP contribution in [0.3, 0.4) is 0 Å². The molecular weight excluding hydrogens is 374 g/mol. The largest absolute Gasteiger partial charge is 0.459 e. The van der Waals surface area contributed by atoms with E-state index in [-0.39, 0.29) is 17.1 Å². The van der Waals surface area contributed by atoms with Crippen molar-refractivity contribution in [2.75, 3.05) is 5.32 Å². The Morgan fingerprint density at radius 2 is 1.86 bits per heavy atom. The SMILES string of the molecule is C[C@H](NC(=O)c1ccco1)C(=O)Nc1nc(-c2ccc(C(C)(C)C)cc2)cs1. The minimum atomic E-state index is -0.726. The van der Waals surface area contributed by atoms with Crippen LogP contribution in [0, 0.1) is 0 Å². The number of nitrogens with one attached hydrogen (secondary N) is 2. The van der Waals surface area contributed by atoms with Crippen LogP contribution in [0.25, 0.3) is 11.3 Å². The lowest BCUT2D eigenvalue weighted by Crippen LogP contribution is -2.41. The van der Waals surface area contributed by atoms with Gasteiger partial charge in [-0.3, -0.25) is 9.59 Å². The van der Waals surface area contributed by atoms with Gasteiger partial charge >= 0.3 is 0 Å². The summed E-state index contributed by atoms with van der Waals surface area (Å²) >= 11 is 1.34. The van der Waals surface area contributed by atoms with Gasteiger partial charge < -0.3 is 15.1 Å². The van der Waals surface area contributed by atoms with Crippen molar-refractivity contribution in [1.29, 1.82) is 0 Å². The van der Waals surface area contributed by atoms with Crippen molar-refractivity contribution < 1.29 is 14.0 Å². The van der Waals surface area contributed by atoms with Crippen LogP contribution in [-0.4, -0.2) is 22.8 Å². The molecule has 0 aliphatic rings. The van der Waals surface area contributed by atoms with Gasteiger partial charge in [0, 0.05) is 10.9 Å². The van der Waals surface area contributed by atoms with Crippen molar-refractivity contribution in [3.05, 3.63) is 59.4 Å². The minimum Gasteiger partial charge on any atom is -0.459 e. The summed E-state index contributed by atoms with van der Waals surface area (Å²) in [7, 11) is 0. The molecule has 0 saturated carbocycles. The van der Waals surface area contributed by atoms with E-state index in [4.69, 9.17) is 4.42 Å². The van der Waals surface area contributed by atoms with Crippen molar-refractivity contribution in [2.45, 2.75) is 39.2 Å². The number of anilines is 1. The number of carbonyl (C=O) groups excluding carboxylic acids is 2. The first-order valence-corrected chi connectivity index (χ1v) is 9.83. The van der Waals surface area contributed by atoms with E-state index in [9.17, 15) is 9.59 Å². The van der Waals surface area contributed by atoms with Crippen molar-refractivity contribution >= 4 is 28.3 Å². The van der Waals surface area contributed by atoms with Crippen LogP contribution in [-0.2, 0) is 10.2 Å². The monoisotopic (exact) mass is 397 g/mol. The summed E-state index contributed by atoms with van der Waals surface area (Å²) < 4.78 is 5.02. The Kier molecular flexibility index (Phi) is 5.65. The third-order valence-corrected chi connectivity index (χ3v) is 5.02. The van der Waals surface area contributed by atoms with Gasteiger partial charge in [0.1, 0.15) is 6.04 Å². The number of amides is 2. The smallest absolute Gasteiger partial charge is 0.287 e. The molecule has 0 spiro atoms. The number of furan rings is 1. The predicted octanol–water partition coefficient (Wildman–Crippen LogP) is 4.46. The van der Waals surface area contributed by atoms with E-state index >= 15 is 0 Å². The zero-order valence-corrected chi connectivity index (χ0v) is 17.1. The first-order valence-electron chi connectivity index (χ1n) is 8.96. The van der Waals surface area contributed by atoms with Gasteiger partial charge in [-0.25, -0.2) is 4.98 Å². The van der Waals surface area contributed by atoms with Gasteiger partial charge in [-0.15, -0.1) is 11.3 Å². The Labute approximate surface area is 168 Å². The predicted molar refractivity (Wildman–Crippen MR) is 111 cm³/mol. The van der Waals surface area contributed by atoms with Crippen LogP contribution in [0.15, 0.2) is 52.5 Å². The number of hydrogen-bond donors (Lipinski definition) is 2. The topological polar surface area (TPSA) is 84.2 Å². The third-order valence-electron chi connectivity index (χ3n) is 4.27. The summed E-state index contributed by atoms with van der Waals surface area (Å²) in [6, 6.07) is 10.7. The molecule has 1 aromatic carbocycles. The summed E-state index contributed by atoms with van der Waals surface area (Å²) in [6.07, 6.45) is 1.41. The highest BCUT2D eigenvalue weighted by Gasteiger charge is 2.19. The molecule has 28 heavy (non-hydrogen) atoms. The van der Waals surface area contributed by atoms with Gasteiger partial charge in [0.25, 0.3) is 5.91 Å². The van der Waals surface area contributed by atoms with Crippen LogP contribution in [0.2, 0.25) is 0 Å². The van der Waals surface area contributed by atoms with E-state index in [1.807, 2.05) is 17.5 Å². The molecule has 2 heterocycles. The van der Waals surface area contributed by atoms with Crippen LogP contribution >= 0.6 is 11.3 Å². The molecular formula is C21H23N3O3S. The number of hydrogen-bond acceptors (Lipinski definition) is 5. The number of carbonyl (C=O) groups is 2. The summed E-state index contributed by atoms with van der Waals surface area (Å²) in [6.45, 7) is 8.12. The Bertz CT molecular complexity index is 954. The van der Waals surface area contributed by atoms with E-state index in [0.717, 1.165) is 11.3 Å². The number of nitrogens with zero attached hydrogens (tertiary/aromatic N) is 1. The maximum atomic E-state index is 12.3. The van der Waals surface area contributed by atoms with Gasteiger partial charge in [-0.1, -0.05) is 45.0 Å². The lowest BCUT2D eigenvalue weighted by Gasteiger charge is -2.18. The molecule has 0 bridgehead atoms. The molecule has 2 amide bonds. The summed E-state index contributed by atoms with van der Waals surface area (Å²) in [5.74, 6) is -0.620. The third kappa shape index (κ3) is 4.67. The average molecular weight is 398 g/mol. The fraction of sp³-hybridized carbons (Fsp3) is 0.286. The Balaban J connectivity index is 1.62. The van der Waals surface area contributed by atoms with Gasteiger partial charge in [-0.05, 0) is 30.0 Å². The van der Waals surface area contributed by atoms with Gasteiger partial charge in [0.15, 0.2) is 10.9 Å². The van der Waals surface area contributed by atoms with Gasteiger partial charge in [0.05, 0.1) is 12.0 Å². The van der Waals surface area contributed by atoms with E-state index in [2.05, 4.69) is 48.5 Å². The molecule has 0 radical (unpaired) electrons. The lowest BCUT2D eigenvalue weighted by atomic mass is 9.86. The normalized spacial score (nSPS) is 12.4. The first kappa shape index (κ1) is 19.8. The van der Waals surface area contributed by atoms with E-state index in [1.54, 1.807) is 13.0 Å². The Morgan fingerprint density at radius 1 is 1.14 bits per heavy atom. The standard InChI is InChI=1S/C21H23N3O3S/c1-13(22-19(26)17-6-5-11-27-17)18(25)24-20-23-16(12-28-20)14-7-9-15(10-8-14)21(2,3)4/h5-13H,1-4H3,(H,22,26)(H,23,24,25)/t13-/m0/s1. The molecule has 3 aromatic rings. The lowest BCUT2D eigenvalue weighted by molar-refractivity contribution is -0.117. The molecule has 2 aromatic heterocycles. The van der Waals surface area contributed by atoms with Gasteiger partial charge in [-0.2, -0.15) is 0 Å². The zero-order valence-electron chi connectivity index (χ0n) is 16.3. The van der Waals surface area contributed by atoms with Crippen molar-refractivity contribution in [3.63, 3.8) is 0 Å². The zero-order chi connectivity index (χ0) is 20.3. The second-order valence-corrected chi connectivity index (χ2v) is 8.39. The fourth-order valence-corrected chi connectivity index (χ4v) is 3.28. The van der Waals surface area contributed by atoms with Crippen LogP contribution in [0.1, 0.15) is 43.8 Å². The molecule has 0 saturated heterocycles. The van der Waals surface area contributed by atoms with Crippen LogP contribution in [0.5, 0.6) is 0 Å². The molecule has 3 rings (SSSR count). The highest BCUT2D eigenvalue weighted by molar-refractivity contribution is 7.14. The molecule has 0 aliphatic carbocycles. The van der Waals surface area contributed by atoms with E-state index in [0.29, 0.717) is 5.13 Å². The highest BCUT2D eigenvalue weighted by Crippen LogP contribution is 2.28. The molecule has 0 unspecified atom stereocenters. The Hall–Kier alpha value is -2.93. The summed E-state index contributed by atoms with van der Waals surface area (Å²) in [5, 5.41) is 7.72. The second-order valence-electron chi connectivity index (χ2n) is 7.53. The first-order chi connectivity index (χ1) is 13.2. The highest BCUT2D eigenvalue weighted by atomic mass is 32.1. The fourth-order valence-electron chi connectivity index (χ4n) is 2.56. The number of rotatable bonds is 5. The maximum Gasteiger partial charge on any atom is 0.287 e. The average Bonchev–Trinajstić information content (AvgIpc) is 3.33. The maximum absolute atomic E-state index is 12.3. The van der Waals surface area contributed by atoms with E-state index < -0.39 is 11.9 Å². The van der Waals surface area contributed by atoms with Crippen LogP contribution < -0.4 is 10.6 Å². The summed E-state index contributed by atoms with van der Waals surface area (Å²) in [5.41, 5.74) is 3.13. The van der Waals surface area contributed by atoms with Gasteiger partial charge in [0.2, 0.25) is 5.91 Å². The van der Waals surface area contributed by atoms with Crippen molar-refractivity contribution in [3.8, 4) is 11.3 Å². The molecule has 0 aliphatic heterocycles. The van der Waals surface area contributed by atoms with Crippen molar-refractivity contribution in [2.24, 2.45) is 0 Å². The number of thiazole rings is 1. The molecule has 7 heteroatoms. The Morgan fingerprint density at radius 3 is 2.46 bits per heavy atom. The second kappa shape index (κ2) is 7.98. The van der Waals surface area contributed by atoms with E-state index in [1.165, 1.54) is 29.2 Å². The molecule has 146 valence electrons. The summed E-state index contributed by atoms with van der Waals surface area (Å²) in [4.78, 5) is 28.8. The molecule has 2 N–H and O–H groups in total. The number of aromatic nitrogens is 1. The molecule has 0 fully saturated rings. The quantitative estimate of drug-likeness (QED) is 0.666. The minimum absolute atomic E-state index is 0.0932. The van der Waals surface area contributed by atoms with Crippen molar-refractivity contribution in [1.82, 2.24) is 10.3 Å².